The van der Waals surface area contributed by atoms with Gasteiger partial charge in [-0.25, -0.2) is 4.79 Å². The summed E-state index contributed by atoms with van der Waals surface area (Å²) in [6, 6.07) is 7.96. The van der Waals surface area contributed by atoms with Gasteiger partial charge >= 0.3 is 5.97 Å². The van der Waals surface area contributed by atoms with E-state index in [2.05, 4.69) is 12.2 Å². The van der Waals surface area contributed by atoms with Gasteiger partial charge in [0.15, 0.2) is 5.37 Å². The van der Waals surface area contributed by atoms with Gasteiger partial charge in [0.1, 0.15) is 0 Å². The van der Waals surface area contributed by atoms with Crippen LogP contribution in [0.2, 0.25) is 0 Å². The Labute approximate surface area is 93.9 Å². The number of carbonyl (C=O) groups is 1. The Balaban J connectivity index is 2.67. The molecule has 0 spiro atoms. The summed E-state index contributed by atoms with van der Waals surface area (Å²) in [5.74, 6) is -0.845. The molecular formula is C11H15NO2S. The Morgan fingerprint density at radius 3 is 2.47 bits per heavy atom. The highest BCUT2D eigenvalue weighted by Gasteiger charge is 2.15. The van der Waals surface area contributed by atoms with Crippen molar-refractivity contribution in [3.63, 3.8) is 0 Å². The summed E-state index contributed by atoms with van der Waals surface area (Å²) in [6.45, 7) is 2.09. The van der Waals surface area contributed by atoms with Crippen LogP contribution >= 0.6 is 11.8 Å². The molecule has 0 heterocycles. The van der Waals surface area contributed by atoms with Gasteiger partial charge in [-0.05, 0) is 31.2 Å². The molecule has 0 aliphatic carbocycles. The number of hydrogen-bond donors (Lipinski definition) is 2. The van der Waals surface area contributed by atoms with Crippen LogP contribution in [0.4, 0.5) is 0 Å². The lowest BCUT2D eigenvalue weighted by atomic mass is 10.2. The molecule has 1 rings (SSSR count). The van der Waals surface area contributed by atoms with Crippen molar-refractivity contribution in [2.45, 2.75) is 23.6 Å². The van der Waals surface area contributed by atoms with Crippen molar-refractivity contribution >= 4 is 17.7 Å². The van der Waals surface area contributed by atoms with Gasteiger partial charge in [-0.15, -0.1) is 0 Å². The molecule has 15 heavy (non-hydrogen) atoms. The lowest BCUT2D eigenvalue weighted by Gasteiger charge is -2.10. The molecule has 0 saturated heterocycles. The van der Waals surface area contributed by atoms with Crippen molar-refractivity contribution in [2.75, 3.05) is 7.05 Å². The standard InChI is InChI=1S/C11H15NO2S/c1-3-8-4-6-9(7-5-8)15-10(12-2)11(13)14/h4-7,10,12H,3H2,1-2H3,(H,13,14). The number of hydrogen-bond acceptors (Lipinski definition) is 3. The molecule has 4 heteroatoms. The van der Waals surface area contributed by atoms with Gasteiger partial charge in [0.25, 0.3) is 0 Å². The topological polar surface area (TPSA) is 49.3 Å². The van der Waals surface area contributed by atoms with Crippen LogP contribution in [-0.2, 0) is 11.2 Å². The zero-order valence-electron chi connectivity index (χ0n) is 8.86. The first-order valence-electron chi connectivity index (χ1n) is 4.83. The van der Waals surface area contributed by atoms with Gasteiger partial charge in [-0.1, -0.05) is 30.8 Å². The summed E-state index contributed by atoms with van der Waals surface area (Å²) in [5.41, 5.74) is 1.26. The first kappa shape index (κ1) is 12.1. The van der Waals surface area contributed by atoms with E-state index >= 15 is 0 Å². The maximum Gasteiger partial charge on any atom is 0.331 e. The molecule has 3 nitrogen and oxygen atoms in total. The van der Waals surface area contributed by atoms with Gasteiger partial charge in [0.05, 0.1) is 0 Å². The third-order valence-electron chi connectivity index (χ3n) is 2.07. The number of rotatable bonds is 5. The van der Waals surface area contributed by atoms with E-state index in [9.17, 15) is 4.79 Å². The number of likely N-dealkylation sites (N-methyl/N-ethyl adjacent to an activating group) is 1. The molecule has 0 aliphatic heterocycles. The Morgan fingerprint density at radius 2 is 2.07 bits per heavy atom. The third kappa shape index (κ3) is 3.57. The Morgan fingerprint density at radius 1 is 1.47 bits per heavy atom. The Kier molecular flexibility index (Phi) is 4.65. The lowest BCUT2D eigenvalue weighted by molar-refractivity contribution is -0.136. The molecule has 82 valence electrons. The Bertz CT molecular complexity index is 324. The maximum atomic E-state index is 10.8. The number of carboxylic acids is 1. The highest BCUT2D eigenvalue weighted by atomic mass is 32.2. The van der Waals surface area contributed by atoms with Gasteiger partial charge in [-0.3, -0.25) is 5.32 Å². The highest BCUT2D eigenvalue weighted by molar-refractivity contribution is 8.00. The largest absolute Gasteiger partial charge is 0.479 e. The number of aryl methyl sites for hydroxylation is 1. The molecule has 0 fully saturated rings. The van der Waals surface area contributed by atoms with Crippen molar-refractivity contribution in [3.05, 3.63) is 29.8 Å². The van der Waals surface area contributed by atoms with Crippen LogP contribution in [0, 0.1) is 0 Å². The van der Waals surface area contributed by atoms with E-state index in [1.54, 1.807) is 7.05 Å². The Hall–Kier alpha value is -1.00. The molecule has 1 aromatic rings. The molecule has 1 atom stereocenters. The summed E-state index contributed by atoms with van der Waals surface area (Å²) in [7, 11) is 1.65. The van der Waals surface area contributed by atoms with Crippen LogP contribution in [0.3, 0.4) is 0 Å². The van der Waals surface area contributed by atoms with Gasteiger partial charge in [0, 0.05) is 4.90 Å². The molecule has 0 bridgehead atoms. The van der Waals surface area contributed by atoms with Crippen LogP contribution in [0.15, 0.2) is 29.2 Å². The summed E-state index contributed by atoms with van der Waals surface area (Å²) < 4.78 is 0. The fraction of sp³-hybridized carbons (Fsp3) is 0.364. The van der Waals surface area contributed by atoms with Crippen LogP contribution in [0.25, 0.3) is 0 Å². The second kappa shape index (κ2) is 5.78. The van der Waals surface area contributed by atoms with Crippen molar-refractivity contribution in [3.8, 4) is 0 Å². The first-order chi connectivity index (χ1) is 7.17. The predicted octanol–water partition coefficient (Wildman–Crippen LogP) is 1.97. The molecule has 1 unspecified atom stereocenters. The molecule has 0 saturated carbocycles. The van der Waals surface area contributed by atoms with E-state index in [0.29, 0.717) is 0 Å². The van der Waals surface area contributed by atoms with Crippen molar-refractivity contribution < 1.29 is 9.90 Å². The molecule has 0 aliphatic rings. The minimum absolute atomic E-state index is 0.586. The number of aliphatic carboxylic acids is 1. The molecule has 1 aromatic carbocycles. The average Bonchev–Trinajstić information content (AvgIpc) is 2.26. The number of carboxylic acid groups (broad SMARTS) is 1. The molecule has 0 aromatic heterocycles. The predicted molar refractivity (Wildman–Crippen MR) is 62.2 cm³/mol. The fourth-order valence-electron chi connectivity index (χ4n) is 1.17. The van der Waals surface area contributed by atoms with Crippen LogP contribution in [0.5, 0.6) is 0 Å². The van der Waals surface area contributed by atoms with E-state index in [1.165, 1.54) is 17.3 Å². The van der Waals surface area contributed by atoms with Gasteiger partial charge < -0.3 is 5.11 Å². The molecule has 0 radical (unpaired) electrons. The van der Waals surface area contributed by atoms with Gasteiger partial charge in [0.2, 0.25) is 0 Å². The monoisotopic (exact) mass is 225 g/mol. The maximum absolute atomic E-state index is 10.8. The minimum Gasteiger partial charge on any atom is -0.479 e. The van der Waals surface area contributed by atoms with Crippen LogP contribution < -0.4 is 5.32 Å². The van der Waals surface area contributed by atoms with E-state index < -0.39 is 11.3 Å². The summed E-state index contributed by atoms with van der Waals surface area (Å²) in [6.07, 6.45) is 0.999. The molecule has 0 amide bonds. The second-order valence-electron chi connectivity index (χ2n) is 3.12. The zero-order chi connectivity index (χ0) is 11.3. The van der Waals surface area contributed by atoms with E-state index in [1.807, 2.05) is 24.3 Å². The normalized spacial score (nSPS) is 12.4. The van der Waals surface area contributed by atoms with Gasteiger partial charge in [-0.2, -0.15) is 0 Å². The summed E-state index contributed by atoms with van der Waals surface area (Å²) in [5, 5.41) is 11.0. The molecular weight excluding hydrogens is 210 g/mol. The highest BCUT2D eigenvalue weighted by Crippen LogP contribution is 2.22. The molecule has 2 N–H and O–H groups in total. The van der Waals surface area contributed by atoms with E-state index in [4.69, 9.17) is 5.11 Å². The fourth-order valence-corrected chi connectivity index (χ4v) is 1.96. The number of benzene rings is 1. The summed E-state index contributed by atoms with van der Waals surface area (Å²) >= 11 is 1.31. The minimum atomic E-state index is -0.845. The average molecular weight is 225 g/mol. The summed E-state index contributed by atoms with van der Waals surface area (Å²) in [4.78, 5) is 11.7. The lowest BCUT2D eigenvalue weighted by Crippen LogP contribution is -2.30. The van der Waals surface area contributed by atoms with Crippen molar-refractivity contribution in [1.29, 1.82) is 0 Å². The van der Waals surface area contributed by atoms with Crippen molar-refractivity contribution in [1.82, 2.24) is 5.32 Å². The number of nitrogens with one attached hydrogen (secondary N) is 1. The third-order valence-corrected chi connectivity index (χ3v) is 3.29. The van der Waals surface area contributed by atoms with Crippen molar-refractivity contribution in [2.24, 2.45) is 0 Å². The van der Waals surface area contributed by atoms with E-state index in [0.717, 1.165) is 11.3 Å². The zero-order valence-corrected chi connectivity index (χ0v) is 9.67. The quantitative estimate of drug-likeness (QED) is 0.594. The SMILES string of the molecule is CCc1ccc(SC(NC)C(=O)O)cc1. The second-order valence-corrected chi connectivity index (χ2v) is 4.30. The first-order valence-corrected chi connectivity index (χ1v) is 5.71. The van der Waals surface area contributed by atoms with E-state index in [-0.39, 0.29) is 0 Å². The smallest absolute Gasteiger partial charge is 0.331 e. The number of thioether (sulfide) groups is 1. The van der Waals surface area contributed by atoms with Crippen LogP contribution in [-0.4, -0.2) is 23.5 Å². The van der Waals surface area contributed by atoms with Crippen LogP contribution in [0.1, 0.15) is 12.5 Å².